The van der Waals surface area contributed by atoms with Crippen molar-refractivity contribution in [1.29, 1.82) is 0 Å². The van der Waals surface area contributed by atoms with E-state index in [1.165, 1.54) is 19.2 Å². The van der Waals surface area contributed by atoms with E-state index in [1.807, 2.05) is 25.1 Å². The fourth-order valence-electron chi connectivity index (χ4n) is 2.28. The summed E-state index contributed by atoms with van der Waals surface area (Å²) in [4.78, 5) is 4.35. The molecule has 106 valence electrons. The number of aromatic nitrogens is 3. The van der Waals surface area contributed by atoms with Crippen LogP contribution < -0.4 is 4.74 Å². The van der Waals surface area contributed by atoms with E-state index >= 15 is 0 Å². The van der Waals surface area contributed by atoms with Gasteiger partial charge in [-0.15, -0.1) is 0 Å². The zero-order valence-corrected chi connectivity index (χ0v) is 11.7. The first-order valence-electron chi connectivity index (χ1n) is 6.50. The standard InChI is InChI=1S/C16H14FN3O/c1-10-15(14-5-3-4-6-18-14)16(20-19-10)11-7-12(17)9-13(8-11)21-2/h3-9H,1-2H3,(H,19,20). The largest absolute Gasteiger partial charge is 0.497 e. The highest BCUT2D eigenvalue weighted by molar-refractivity contribution is 5.81. The molecule has 0 saturated heterocycles. The molecule has 0 fully saturated rings. The van der Waals surface area contributed by atoms with Gasteiger partial charge in [-0.2, -0.15) is 5.10 Å². The molecule has 4 nitrogen and oxygen atoms in total. The van der Waals surface area contributed by atoms with Crippen LogP contribution in [0.2, 0.25) is 0 Å². The van der Waals surface area contributed by atoms with Gasteiger partial charge < -0.3 is 4.74 Å². The van der Waals surface area contributed by atoms with Gasteiger partial charge in [-0.25, -0.2) is 4.39 Å². The number of methoxy groups -OCH3 is 1. The Kier molecular flexibility index (Phi) is 3.39. The second-order valence-electron chi connectivity index (χ2n) is 4.67. The average molecular weight is 283 g/mol. The number of rotatable bonds is 3. The Labute approximate surface area is 121 Å². The third kappa shape index (κ3) is 2.50. The summed E-state index contributed by atoms with van der Waals surface area (Å²) in [6, 6.07) is 10.2. The van der Waals surface area contributed by atoms with E-state index in [0.717, 1.165) is 17.0 Å². The molecule has 0 radical (unpaired) electrons. The SMILES string of the molecule is COc1cc(F)cc(-c2n[nH]c(C)c2-c2ccccn2)c1. The summed E-state index contributed by atoms with van der Waals surface area (Å²) in [5, 5.41) is 7.23. The van der Waals surface area contributed by atoms with Crippen molar-refractivity contribution >= 4 is 0 Å². The van der Waals surface area contributed by atoms with Crippen molar-refractivity contribution in [2.24, 2.45) is 0 Å². The molecule has 0 atom stereocenters. The zero-order chi connectivity index (χ0) is 14.8. The van der Waals surface area contributed by atoms with Crippen LogP contribution in [0.15, 0.2) is 42.6 Å². The van der Waals surface area contributed by atoms with E-state index in [9.17, 15) is 4.39 Å². The topological polar surface area (TPSA) is 50.8 Å². The Morgan fingerprint density at radius 1 is 1.19 bits per heavy atom. The molecular formula is C16H14FN3O. The quantitative estimate of drug-likeness (QED) is 0.799. The van der Waals surface area contributed by atoms with E-state index in [4.69, 9.17) is 4.74 Å². The van der Waals surface area contributed by atoms with Crippen LogP contribution >= 0.6 is 0 Å². The first kappa shape index (κ1) is 13.3. The van der Waals surface area contributed by atoms with E-state index in [1.54, 1.807) is 12.3 Å². The van der Waals surface area contributed by atoms with Gasteiger partial charge in [0.25, 0.3) is 0 Å². The van der Waals surface area contributed by atoms with Gasteiger partial charge in [-0.3, -0.25) is 10.1 Å². The van der Waals surface area contributed by atoms with Crippen LogP contribution in [-0.2, 0) is 0 Å². The van der Waals surface area contributed by atoms with Gasteiger partial charge in [-0.05, 0) is 31.2 Å². The zero-order valence-electron chi connectivity index (χ0n) is 11.7. The lowest BCUT2D eigenvalue weighted by molar-refractivity contribution is 0.411. The molecule has 0 amide bonds. The highest BCUT2D eigenvalue weighted by atomic mass is 19.1. The Balaban J connectivity index is 2.19. The van der Waals surface area contributed by atoms with Crippen molar-refractivity contribution in [3.8, 4) is 28.3 Å². The minimum Gasteiger partial charge on any atom is -0.497 e. The molecule has 0 saturated carbocycles. The van der Waals surface area contributed by atoms with Gasteiger partial charge in [0.05, 0.1) is 12.8 Å². The van der Waals surface area contributed by atoms with Crippen LogP contribution in [0.4, 0.5) is 4.39 Å². The van der Waals surface area contributed by atoms with Crippen molar-refractivity contribution < 1.29 is 9.13 Å². The van der Waals surface area contributed by atoms with Crippen LogP contribution in [-0.4, -0.2) is 22.3 Å². The fraction of sp³-hybridized carbons (Fsp3) is 0.125. The highest BCUT2D eigenvalue weighted by Gasteiger charge is 2.16. The smallest absolute Gasteiger partial charge is 0.127 e. The lowest BCUT2D eigenvalue weighted by atomic mass is 10.0. The molecule has 3 rings (SSSR count). The predicted molar refractivity (Wildman–Crippen MR) is 78.5 cm³/mol. The van der Waals surface area contributed by atoms with Crippen molar-refractivity contribution in [2.45, 2.75) is 6.92 Å². The minimum atomic E-state index is -0.364. The molecule has 0 aliphatic carbocycles. The molecular weight excluding hydrogens is 269 g/mol. The third-order valence-corrected chi connectivity index (χ3v) is 3.25. The monoisotopic (exact) mass is 283 g/mol. The van der Waals surface area contributed by atoms with E-state index in [-0.39, 0.29) is 5.82 Å². The first-order chi connectivity index (χ1) is 10.2. The highest BCUT2D eigenvalue weighted by Crippen LogP contribution is 2.33. The normalized spacial score (nSPS) is 10.6. The van der Waals surface area contributed by atoms with Gasteiger partial charge in [0.1, 0.15) is 17.3 Å². The molecule has 0 aliphatic heterocycles. The maximum atomic E-state index is 13.7. The summed E-state index contributed by atoms with van der Waals surface area (Å²) in [7, 11) is 1.51. The lowest BCUT2D eigenvalue weighted by Gasteiger charge is -2.06. The number of benzene rings is 1. The van der Waals surface area contributed by atoms with Gasteiger partial charge in [0.2, 0.25) is 0 Å². The van der Waals surface area contributed by atoms with Crippen LogP contribution in [0.5, 0.6) is 5.75 Å². The van der Waals surface area contributed by atoms with Gasteiger partial charge in [0, 0.05) is 29.1 Å². The fourth-order valence-corrected chi connectivity index (χ4v) is 2.28. The number of aryl methyl sites for hydroxylation is 1. The number of nitrogens with one attached hydrogen (secondary N) is 1. The Hall–Kier alpha value is -2.69. The summed E-state index contributed by atoms with van der Waals surface area (Å²) in [6.45, 7) is 1.91. The van der Waals surface area contributed by atoms with Crippen LogP contribution in [0, 0.1) is 12.7 Å². The summed E-state index contributed by atoms with van der Waals surface area (Å²) in [5.41, 5.74) is 3.85. The summed E-state index contributed by atoms with van der Waals surface area (Å²) < 4.78 is 18.8. The molecule has 5 heteroatoms. The van der Waals surface area contributed by atoms with Crippen molar-refractivity contribution in [3.63, 3.8) is 0 Å². The third-order valence-electron chi connectivity index (χ3n) is 3.25. The molecule has 0 unspecified atom stereocenters. The molecule has 21 heavy (non-hydrogen) atoms. The lowest BCUT2D eigenvalue weighted by Crippen LogP contribution is -1.90. The number of halogens is 1. The van der Waals surface area contributed by atoms with E-state index < -0.39 is 0 Å². The van der Waals surface area contributed by atoms with Gasteiger partial charge >= 0.3 is 0 Å². The predicted octanol–water partition coefficient (Wildman–Crippen LogP) is 3.59. The maximum Gasteiger partial charge on any atom is 0.127 e. The average Bonchev–Trinajstić information content (AvgIpc) is 2.89. The van der Waals surface area contributed by atoms with E-state index in [2.05, 4.69) is 15.2 Å². The molecule has 2 aromatic heterocycles. The number of hydrogen-bond acceptors (Lipinski definition) is 3. The van der Waals surface area contributed by atoms with Gasteiger partial charge in [-0.1, -0.05) is 6.07 Å². The summed E-state index contributed by atoms with van der Waals surface area (Å²) in [6.07, 6.45) is 1.72. The number of hydrogen-bond donors (Lipinski definition) is 1. The number of nitrogens with zero attached hydrogens (tertiary/aromatic N) is 2. The van der Waals surface area contributed by atoms with Crippen molar-refractivity contribution in [3.05, 3.63) is 54.1 Å². The van der Waals surface area contributed by atoms with Crippen LogP contribution in [0.25, 0.3) is 22.5 Å². The van der Waals surface area contributed by atoms with Crippen molar-refractivity contribution in [1.82, 2.24) is 15.2 Å². The van der Waals surface area contributed by atoms with Gasteiger partial charge in [0.15, 0.2) is 0 Å². The second-order valence-corrected chi connectivity index (χ2v) is 4.67. The Bertz CT molecular complexity index is 768. The van der Waals surface area contributed by atoms with Crippen molar-refractivity contribution in [2.75, 3.05) is 7.11 Å². The first-order valence-corrected chi connectivity index (χ1v) is 6.50. The molecule has 1 aromatic carbocycles. The summed E-state index contributed by atoms with van der Waals surface area (Å²) >= 11 is 0. The molecule has 0 bridgehead atoms. The maximum absolute atomic E-state index is 13.7. The number of H-pyrrole nitrogens is 1. The molecule has 3 aromatic rings. The minimum absolute atomic E-state index is 0.364. The van der Waals surface area contributed by atoms with Crippen LogP contribution in [0.3, 0.4) is 0 Å². The second kappa shape index (κ2) is 5.36. The molecule has 0 aliphatic rings. The Morgan fingerprint density at radius 2 is 2.05 bits per heavy atom. The number of aromatic amines is 1. The molecule has 0 spiro atoms. The number of ether oxygens (including phenoxy) is 1. The molecule has 2 heterocycles. The van der Waals surface area contributed by atoms with E-state index in [0.29, 0.717) is 17.0 Å². The molecule has 1 N–H and O–H groups in total. The number of pyridine rings is 1. The Morgan fingerprint density at radius 3 is 2.76 bits per heavy atom. The van der Waals surface area contributed by atoms with Crippen LogP contribution in [0.1, 0.15) is 5.69 Å². The summed E-state index contributed by atoms with van der Waals surface area (Å²) in [5.74, 6) is 0.0922.